The molecule has 0 saturated carbocycles. The second kappa shape index (κ2) is 4.64. The standard InChI is InChI=1S/C13H6ClF3N2S/c14-6-2-1-3-9(10(6)16)19-12-8(18-13(19)20)5-4-7(15)11(12)17/h1-5H,(H,18,20). The Morgan fingerprint density at radius 3 is 2.55 bits per heavy atom. The van der Waals surface area contributed by atoms with Gasteiger partial charge in [-0.2, -0.15) is 0 Å². The third-order valence-electron chi connectivity index (χ3n) is 2.91. The van der Waals surface area contributed by atoms with Crippen molar-refractivity contribution >= 4 is 34.9 Å². The van der Waals surface area contributed by atoms with E-state index in [-0.39, 0.29) is 26.5 Å². The van der Waals surface area contributed by atoms with Crippen molar-refractivity contribution in [3.05, 3.63) is 57.6 Å². The van der Waals surface area contributed by atoms with Crippen molar-refractivity contribution in [1.29, 1.82) is 0 Å². The average molecular weight is 315 g/mol. The molecule has 0 fully saturated rings. The van der Waals surface area contributed by atoms with Crippen molar-refractivity contribution in [2.45, 2.75) is 0 Å². The molecule has 0 saturated heterocycles. The highest BCUT2D eigenvalue weighted by molar-refractivity contribution is 7.71. The van der Waals surface area contributed by atoms with Crippen LogP contribution in [0, 0.1) is 22.2 Å². The number of fused-ring (bicyclic) bond motifs is 1. The van der Waals surface area contributed by atoms with Gasteiger partial charge in [-0.25, -0.2) is 13.2 Å². The van der Waals surface area contributed by atoms with E-state index in [0.29, 0.717) is 0 Å². The smallest absolute Gasteiger partial charge is 0.184 e. The van der Waals surface area contributed by atoms with Gasteiger partial charge in [0, 0.05) is 0 Å². The van der Waals surface area contributed by atoms with Crippen LogP contribution in [0.2, 0.25) is 5.02 Å². The molecule has 0 bridgehead atoms. The molecule has 3 rings (SSSR count). The van der Waals surface area contributed by atoms with Gasteiger partial charge in [-0.3, -0.25) is 4.57 Å². The molecule has 2 aromatic carbocycles. The van der Waals surface area contributed by atoms with Crippen molar-refractivity contribution < 1.29 is 13.2 Å². The van der Waals surface area contributed by atoms with Gasteiger partial charge < -0.3 is 4.98 Å². The maximum atomic E-state index is 14.1. The van der Waals surface area contributed by atoms with Crippen LogP contribution in [0.15, 0.2) is 30.3 Å². The minimum atomic E-state index is -1.10. The van der Waals surface area contributed by atoms with E-state index >= 15 is 0 Å². The topological polar surface area (TPSA) is 20.7 Å². The van der Waals surface area contributed by atoms with E-state index in [4.69, 9.17) is 23.8 Å². The number of benzene rings is 2. The number of halogens is 4. The second-order valence-corrected chi connectivity index (χ2v) is 4.89. The first-order valence-corrected chi connectivity index (χ1v) is 6.32. The van der Waals surface area contributed by atoms with Crippen LogP contribution in [0.5, 0.6) is 0 Å². The third-order valence-corrected chi connectivity index (χ3v) is 3.49. The van der Waals surface area contributed by atoms with E-state index in [2.05, 4.69) is 4.98 Å². The van der Waals surface area contributed by atoms with Crippen LogP contribution < -0.4 is 0 Å². The summed E-state index contributed by atoms with van der Waals surface area (Å²) in [5, 5.41) is -0.129. The molecule has 0 radical (unpaired) electrons. The van der Waals surface area contributed by atoms with Crippen LogP contribution in [-0.4, -0.2) is 9.55 Å². The Balaban J connectivity index is 2.48. The molecule has 0 aliphatic carbocycles. The highest BCUT2D eigenvalue weighted by Crippen LogP contribution is 2.27. The van der Waals surface area contributed by atoms with E-state index in [1.165, 1.54) is 24.3 Å². The first-order valence-electron chi connectivity index (χ1n) is 5.54. The molecular weight excluding hydrogens is 309 g/mol. The molecule has 7 heteroatoms. The molecule has 2 nitrogen and oxygen atoms in total. The zero-order valence-electron chi connectivity index (χ0n) is 9.75. The van der Waals surface area contributed by atoms with Crippen molar-refractivity contribution in [2.24, 2.45) is 0 Å². The predicted molar refractivity (Wildman–Crippen MR) is 73.3 cm³/mol. The minimum Gasteiger partial charge on any atom is -0.330 e. The summed E-state index contributed by atoms with van der Waals surface area (Å²) in [6.45, 7) is 0. The highest BCUT2D eigenvalue weighted by Gasteiger charge is 2.17. The van der Waals surface area contributed by atoms with Crippen LogP contribution in [0.25, 0.3) is 16.7 Å². The minimum absolute atomic E-state index is 0.0433. The fourth-order valence-corrected chi connectivity index (χ4v) is 2.50. The van der Waals surface area contributed by atoms with E-state index in [1.807, 2.05) is 0 Å². The van der Waals surface area contributed by atoms with E-state index in [1.54, 1.807) is 0 Å². The molecule has 1 heterocycles. The lowest BCUT2D eigenvalue weighted by Gasteiger charge is -2.07. The first kappa shape index (κ1) is 13.2. The van der Waals surface area contributed by atoms with Crippen molar-refractivity contribution in [3.63, 3.8) is 0 Å². The lowest BCUT2D eigenvalue weighted by atomic mass is 10.2. The molecule has 0 atom stereocenters. The van der Waals surface area contributed by atoms with Crippen LogP contribution in [0.3, 0.4) is 0 Å². The first-order chi connectivity index (χ1) is 9.50. The normalized spacial score (nSPS) is 11.2. The van der Waals surface area contributed by atoms with Crippen molar-refractivity contribution in [3.8, 4) is 5.69 Å². The third kappa shape index (κ3) is 1.83. The highest BCUT2D eigenvalue weighted by atomic mass is 35.5. The van der Waals surface area contributed by atoms with Gasteiger partial charge in [-0.15, -0.1) is 0 Å². The lowest BCUT2D eigenvalue weighted by molar-refractivity contribution is 0.514. The van der Waals surface area contributed by atoms with Crippen LogP contribution in [0.1, 0.15) is 0 Å². The lowest BCUT2D eigenvalue weighted by Crippen LogP contribution is -2.00. The number of rotatable bonds is 1. The zero-order chi connectivity index (χ0) is 14.4. The molecule has 1 aromatic heterocycles. The van der Waals surface area contributed by atoms with Gasteiger partial charge in [0.25, 0.3) is 0 Å². The molecule has 0 amide bonds. The van der Waals surface area contributed by atoms with E-state index < -0.39 is 17.5 Å². The molecule has 20 heavy (non-hydrogen) atoms. The van der Waals surface area contributed by atoms with Gasteiger partial charge in [-0.1, -0.05) is 17.7 Å². The molecule has 102 valence electrons. The monoisotopic (exact) mass is 314 g/mol. The van der Waals surface area contributed by atoms with Gasteiger partial charge in [0.2, 0.25) is 0 Å². The Morgan fingerprint density at radius 2 is 1.80 bits per heavy atom. The molecule has 0 aliphatic rings. The Kier molecular flexibility index (Phi) is 3.07. The van der Waals surface area contributed by atoms with Crippen molar-refractivity contribution in [2.75, 3.05) is 0 Å². The quantitative estimate of drug-likeness (QED) is 0.642. The molecule has 3 aromatic rings. The molecule has 0 unspecified atom stereocenters. The Morgan fingerprint density at radius 1 is 1.05 bits per heavy atom. The maximum Gasteiger partial charge on any atom is 0.184 e. The Bertz CT molecular complexity index is 885. The molecule has 1 N–H and O–H groups in total. The summed E-state index contributed by atoms with van der Waals surface area (Å²) in [7, 11) is 0. The molecule has 0 spiro atoms. The largest absolute Gasteiger partial charge is 0.330 e. The number of imidazole rings is 1. The fourth-order valence-electron chi connectivity index (χ4n) is 2.03. The Labute approximate surface area is 121 Å². The summed E-state index contributed by atoms with van der Waals surface area (Å²) >= 11 is 10.8. The fraction of sp³-hybridized carbons (Fsp3) is 0. The van der Waals surface area contributed by atoms with Gasteiger partial charge in [0.05, 0.1) is 16.2 Å². The summed E-state index contributed by atoms with van der Waals surface area (Å²) in [4.78, 5) is 2.70. The second-order valence-electron chi connectivity index (χ2n) is 4.10. The van der Waals surface area contributed by atoms with Gasteiger partial charge >= 0.3 is 0 Å². The van der Waals surface area contributed by atoms with Crippen LogP contribution >= 0.6 is 23.8 Å². The van der Waals surface area contributed by atoms with Crippen LogP contribution in [-0.2, 0) is 0 Å². The maximum absolute atomic E-state index is 14.1. The van der Waals surface area contributed by atoms with E-state index in [9.17, 15) is 13.2 Å². The summed E-state index contributed by atoms with van der Waals surface area (Å²) < 4.78 is 42.6. The molecular formula is C13H6ClF3N2S. The summed E-state index contributed by atoms with van der Waals surface area (Å²) in [6, 6.07) is 6.55. The summed E-state index contributed by atoms with van der Waals surface area (Å²) in [5.74, 6) is -2.90. The average Bonchev–Trinajstić information content (AvgIpc) is 2.75. The number of aromatic nitrogens is 2. The van der Waals surface area contributed by atoms with Gasteiger partial charge in [-0.05, 0) is 36.5 Å². The predicted octanol–water partition coefficient (Wildman–Crippen LogP) is 4.76. The summed E-state index contributed by atoms with van der Waals surface area (Å²) in [6.07, 6.45) is 0. The van der Waals surface area contributed by atoms with E-state index in [0.717, 1.165) is 10.6 Å². The number of hydrogen-bond donors (Lipinski definition) is 1. The summed E-state index contributed by atoms with van der Waals surface area (Å²) in [5.41, 5.74) is 0.0719. The SMILES string of the molecule is Fc1ccc2[nH]c(=S)n(-c3cccc(Cl)c3F)c2c1F. The molecule has 0 aliphatic heterocycles. The van der Waals surface area contributed by atoms with Gasteiger partial charge in [0.1, 0.15) is 5.52 Å². The zero-order valence-corrected chi connectivity index (χ0v) is 11.3. The van der Waals surface area contributed by atoms with Gasteiger partial charge in [0.15, 0.2) is 22.2 Å². The number of hydrogen-bond acceptors (Lipinski definition) is 1. The van der Waals surface area contributed by atoms with Crippen LogP contribution in [0.4, 0.5) is 13.2 Å². The number of nitrogens with one attached hydrogen (secondary N) is 1. The number of H-pyrrole nitrogens is 1. The number of aromatic amines is 1. The Hall–Kier alpha value is -1.79. The van der Waals surface area contributed by atoms with Crippen molar-refractivity contribution in [1.82, 2.24) is 9.55 Å². The number of nitrogens with zero attached hydrogens (tertiary/aromatic N) is 1.